The van der Waals surface area contributed by atoms with E-state index in [1.165, 1.54) is 6.92 Å². The smallest absolute Gasteiger partial charge is 0.196 e. The minimum Gasteiger partial charge on any atom is -0.457 e. The Morgan fingerprint density at radius 2 is 1.72 bits per heavy atom. The van der Waals surface area contributed by atoms with Gasteiger partial charge in [-0.2, -0.15) is 0 Å². The Labute approximate surface area is 105 Å². The fraction of sp³-hybridized carbons (Fsp3) is 0.133. The average molecular weight is 244 g/mol. The zero-order valence-corrected chi connectivity index (χ0v) is 9.97. The number of ketones is 1. The van der Waals surface area contributed by atoms with Crippen molar-refractivity contribution in [1.29, 1.82) is 0 Å². The Morgan fingerprint density at radius 3 is 2.39 bits per heavy atom. The number of carbonyl (C=O) groups excluding carboxylic acids is 1. The molecule has 3 heteroatoms. The monoisotopic (exact) mass is 244 g/mol. The third-order valence-electron chi connectivity index (χ3n) is 2.46. The number of rotatable bonds is 4. The highest BCUT2D eigenvalue weighted by atomic mass is 19.1. The second-order valence-electron chi connectivity index (χ2n) is 3.92. The van der Waals surface area contributed by atoms with E-state index < -0.39 is 12.0 Å². The summed E-state index contributed by atoms with van der Waals surface area (Å²) >= 11 is 0. The molecule has 0 fully saturated rings. The van der Waals surface area contributed by atoms with E-state index in [0.29, 0.717) is 17.1 Å². The number of ether oxygens (including phenoxy) is 1. The number of carbonyl (C=O) groups is 1. The minimum absolute atomic E-state index is 0.318. The molecular weight excluding hydrogens is 231 g/mol. The summed E-state index contributed by atoms with van der Waals surface area (Å²) in [6, 6.07) is 15.8. The van der Waals surface area contributed by atoms with Crippen molar-refractivity contribution in [2.45, 2.75) is 13.1 Å². The summed E-state index contributed by atoms with van der Waals surface area (Å²) in [7, 11) is 0. The number of alkyl halides is 1. The predicted molar refractivity (Wildman–Crippen MR) is 67.9 cm³/mol. The van der Waals surface area contributed by atoms with Crippen LogP contribution in [0.1, 0.15) is 17.3 Å². The molecule has 0 saturated heterocycles. The van der Waals surface area contributed by atoms with Crippen molar-refractivity contribution >= 4 is 5.78 Å². The van der Waals surface area contributed by atoms with Crippen molar-refractivity contribution in [1.82, 2.24) is 0 Å². The highest BCUT2D eigenvalue weighted by Crippen LogP contribution is 2.22. The van der Waals surface area contributed by atoms with Crippen LogP contribution < -0.4 is 4.74 Å². The first kappa shape index (κ1) is 12.3. The Bertz CT molecular complexity index is 535. The number of halogens is 1. The Balaban J connectivity index is 2.20. The molecule has 0 aliphatic heterocycles. The van der Waals surface area contributed by atoms with Gasteiger partial charge in [0.15, 0.2) is 12.0 Å². The van der Waals surface area contributed by atoms with Crippen LogP contribution >= 0.6 is 0 Å². The minimum atomic E-state index is -1.50. The van der Waals surface area contributed by atoms with Crippen LogP contribution in [0.3, 0.4) is 0 Å². The summed E-state index contributed by atoms with van der Waals surface area (Å²) in [6.45, 7) is 1.23. The van der Waals surface area contributed by atoms with Gasteiger partial charge in [-0.25, -0.2) is 4.39 Å². The van der Waals surface area contributed by atoms with Gasteiger partial charge >= 0.3 is 0 Å². The van der Waals surface area contributed by atoms with Crippen LogP contribution in [0.15, 0.2) is 54.6 Å². The largest absolute Gasteiger partial charge is 0.457 e. The zero-order chi connectivity index (χ0) is 13.0. The quantitative estimate of drug-likeness (QED) is 0.759. The van der Waals surface area contributed by atoms with E-state index in [-0.39, 0.29) is 0 Å². The highest BCUT2D eigenvalue weighted by molar-refractivity contribution is 5.99. The molecule has 2 rings (SSSR count). The maximum absolute atomic E-state index is 12.9. The van der Waals surface area contributed by atoms with Gasteiger partial charge in [0.25, 0.3) is 0 Å². The van der Waals surface area contributed by atoms with Gasteiger partial charge in [0.2, 0.25) is 0 Å². The van der Waals surface area contributed by atoms with Crippen LogP contribution in [0.2, 0.25) is 0 Å². The second-order valence-corrected chi connectivity index (χ2v) is 3.92. The first-order valence-corrected chi connectivity index (χ1v) is 5.68. The standard InChI is InChI=1S/C15H13FO2/c1-11(16)15(17)12-6-5-9-14(10-12)18-13-7-3-2-4-8-13/h2-11H,1H3. The van der Waals surface area contributed by atoms with E-state index >= 15 is 0 Å². The summed E-state index contributed by atoms with van der Waals surface area (Å²) in [5.74, 6) is 0.664. The SMILES string of the molecule is CC(F)C(=O)c1cccc(Oc2ccccc2)c1. The van der Waals surface area contributed by atoms with E-state index in [2.05, 4.69) is 0 Å². The van der Waals surface area contributed by atoms with Crippen LogP contribution in [0, 0.1) is 0 Å². The third kappa shape index (κ3) is 2.94. The number of hydrogen-bond acceptors (Lipinski definition) is 2. The van der Waals surface area contributed by atoms with Crippen molar-refractivity contribution in [2.75, 3.05) is 0 Å². The highest BCUT2D eigenvalue weighted by Gasteiger charge is 2.14. The Hall–Kier alpha value is -2.16. The van der Waals surface area contributed by atoms with Gasteiger partial charge in [-0.1, -0.05) is 30.3 Å². The predicted octanol–water partition coefficient (Wildman–Crippen LogP) is 4.02. The molecule has 1 unspecified atom stereocenters. The fourth-order valence-electron chi connectivity index (χ4n) is 1.57. The molecule has 0 aliphatic carbocycles. The molecule has 0 bridgehead atoms. The summed E-state index contributed by atoms with van der Waals surface area (Å²) in [5, 5.41) is 0. The molecular formula is C15H13FO2. The average Bonchev–Trinajstić information content (AvgIpc) is 2.39. The summed E-state index contributed by atoms with van der Waals surface area (Å²) in [5.41, 5.74) is 0.318. The zero-order valence-electron chi connectivity index (χ0n) is 9.97. The lowest BCUT2D eigenvalue weighted by atomic mass is 10.1. The number of para-hydroxylation sites is 1. The van der Waals surface area contributed by atoms with Crippen LogP contribution in [0.5, 0.6) is 11.5 Å². The lowest BCUT2D eigenvalue weighted by Gasteiger charge is -2.07. The van der Waals surface area contributed by atoms with Crippen molar-refractivity contribution in [3.05, 3.63) is 60.2 Å². The first-order valence-electron chi connectivity index (χ1n) is 5.68. The van der Waals surface area contributed by atoms with Crippen LogP contribution in [0.25, 0.3) is 0 Å². The van der Waals surface area contributed by atoms with Crippen molar-refractivity contribution in [3.8, 4) is 11.5 Å². The molecule has 0 heterocycles. The first-order chi connectivity index (χ1) is 8.66. The second kappa shape index (κ2) is 5.45. The van der Waals surface area contributed by atoms with E-state index in [0.717, 1.165) is 0 Å². The lowest BCUT2D eigenvalue weighted by Crippen LogP contribution is -2.11. The van der Waals surface area contributed by atoms with E-state index in [1.54, 1.807) is 24.3 Å². The van der Waals surface area contributed by atoms with Gasteiger partial charge in [-0.3, -0.25) is 4.79 Å². The van der Waals surface area contributed by atoms with Gasteiger partial charge in [0, 0.05) is 5.56 Å². The Kier molecular flexibility index (Phi) is 3.72. The van der Waals surface area contributed by atoms with Crippen molar-refractivity contribution < 1.29 is 13.9 Å². The topological polar surface area (TPSA) is 26.3 Å². The van der Waals surface area contributed by atoms with Gasteiger partial charge in [0.05, 0.1) is 0 Å². The molecule has 0 aliphatic rings. The van der Waals surface area contributed by atoms with Gasteiger partial charge in [0.1, 0.15) is 11.5 Å². The van der Waals surface area contributed by atoms with Gasteiger partial charge in [-0.05, 0) is 31.2 Å². The number of hydrogen-bond donors (Lipinski definition) is 0. The van der Waals surface area contributed by atoms with E-state index in [1.807, 2.05) is 30.3 Å². The van der Waals surface area contributed by atoms with Crippen LogP contribution in [0.4, 0.5) is 4.39 Å². The molecule has 18 heavy (non-hydrogen) atoms. The van der Waals surface area contributed by atoms with E-state index in [9.17, 15) is 9.18 Å². The fourth-order valence-corrected chi connectivity index (χ4v) is 1.57. The van der Waals surface area contributed by atoms with Gasteiger partial charge < -0.3 is 4.74 Å². The maximum Gasteiger partial charge on any atom is 0.196 e. The van der Waals surface area contributed by atoms with Crippen molar-refractivity contribution in [3.63, 3.8) is 0 Å². The molecule has 0 radical (unpaired) electrons. The van der Waals surface area contributed by atoms with Crippen molar-refractivity contribution in [2.24, 2.45) is 0 Å². The summed E-state index contributed by atoms with van der Waals surface area (Å²) < 4.78 is 18.5. The van der Waals surface area contributed by atoms with Gasteiger partial charge in [-0.15, -0.1) is 0 Å². The summed E-state index contributed by atoms with van der Waals surface area (Å²) in [6.07, 6.45) is -1.50. The van der Waals surface area contributed by atoms with Crippen LogP contribution in [-0.2, 0) is 0 Å². The molecule has 2 nitrogen and oxygen atoms in total. The molecule has 0 aromatic heterocycles. The molecule has 0 N–H and O–H groups in total. The maximum atomic E-state index is 12.9. The molecule has 0 amide bonds. The molecule has 2 aromatic carbocycles. The summed E-state index contributed by atoms with van der Waals surface area (Å²) in [4.78, 5) is 11.5. The molecule has 92 valence electrons. The Morgan fingerprint density at radius 1 is 1.06 bits per heavy atom. The normalized spacial score (nSPS) is 11.9. The molecule has 0 saturated carbocycles. The number of benzene rings is 2. The van der Waals surface area contributed by atoms with Crippen LogP contribution in [-0.4, -0.2) is 12.0 Å². The van der Waals surface area contributed by atoms with E-state index in [4.69, 9.17) is 4.74 Å². The molecule has 1 atom stereocenters. The third-order valence-corrected chi connectivity index (χ3v) is 2.46. The number of Topliss-reactive ketones (excluding diaryl/α,β-unsaturated/α-hetero) is 1. The lowest BCUT2D eigenvalue weighted by molar-refractivity contribution is 0.0892. The molecule has 2 aromatic rings. The molecule has 0 spiro atoms.